The molecule has 6 nitrogen and oxygen atoms in total. The predicted molar refractivity (Wildman–Crippen MR) is 132 cm³/mol. The zero-order valence-corrected chi connectivity index (χ0v) is 19.6. The summed E-state index contributed by atoms with van der Waals surface area (Å²) in [5.74, 6) is 0. The second kappa shape index (κ2) is 8.80. The smallest absolute Gasteiger partial charge is 0.163 e. The van der Waals surface area contributed by atoms with Crippen molar-refractivity contribution in [1.29, 1.82) is 0 Å². The number of fused-ring (bicyclic) bond motifs is 2. The maximum atomic E-state index is 10.8. The molecular formula is C28H31NO5. The van der Waals surface area contributed by atoms with Crippen LogP contribution in [0.1, 0.15) is 34.0 Å². The molecule has 4 aromatic rings. The van der Waals surface area contributed by atoms with Gasteiger partial charge in [0, 0.05) is 11.6 Å². The molecule has 6 heteroatoms. The van der Waals surface area contributed by atoms with E-state index in [1.807, 2.05) is 23.8 Å². The van der Waals surface area contributed by atoms with Crippen LogP contribution in [0.5, 0.6) is 0 Å². The van der Waals surface area contributed by atoms with Gasteiger partial charge in [0.25, 0.3) is 0 Å². The average molecular weight is 462 g/mol. The Kier molecular flexibility index (Phi) is 5.96. The molecule has 0 saturated carbocycles. The van der Waals surface area contributed by atoms with E-state index in [-0.39, 0.29) is 0 Å². The Hall–Kier alpha value is -2.74. The number of benzene rings is 3. The lowest BCUT2D eigenvalue weighted by Gasteiger charge is -2.40. The number of ether oxygens (including phenoxy) is 1. The van der Waals surface area contributed by atoms with Crippen LogP contribution in [-0.2, 0) is 11.2 Å². The molecular weight excluding hydrogens is 430 g/mol. The van der Waals surface area contributed by atoms with Gasteiger partial charge in [0.05, 0.1) is 12.1 Å². The number of nitrogens with zero attached hydrogens (tertiary/aromatic N) is 1. The van der Waals surface area contributed by atoms with Gasteiger partial charge in [-0.15, -0.1) is 0 Å². The summed E-state index contributed by atoms with van der Waals surface area (Å²) in [6, 6.07) is 17.0. The summed E-state index contributed by atoms with van der Waals surface area (Å²) in [6.07, 6.45) is -3.39. The molecule has 0 unspecified atom stereocenters. The molecule has 0 spiro atoms. The fourth-order valence-electron chi connectivity index (χ4n) is 5.22. The first kappa shape index (κ1) is 23.0. The van der Waals surface area contributed by atoms with Crippen LogP contribution in [0.4, 0.5) is 0 Å². The Balaban J connectivity index is 1.61. The molecule has 1 aromatic heterocycles. The zero-order valence-electron chi connectivity index (χ0n) is 19.6. The van der Waals surface area contributed by atoms with E-state index in [0.29, 0.717) is 6.42 Å². The minimum atomic E-state index is -1.43. The third kappa shape index (κ3) is 3.82. The molecule has 0 bridgehead atoms. The number of aryl methyl sites for hydroxylation is 3. The molecule has 3 aromatic carbocycles. The molecule has 1 aliphatic heterocycles. The van der Waals surface area contributed by atoms with Gasteiger partial charge in [-0.1, -0.05) is 54.1 Å². The monoisotopic (exact) mass is 461 g/mol. The number of aliphatic hydroxyl groups is 4. The standard InChI is InChI=1S/C28H31NO5/c1-15-4-8-20-11-18(7-9-19(20)10-15)12-21-13-29(24-17(3)6-5-16(2)23(21)24)28-27(33)26(32)25(31)22(14-30)34-28/h4-11,13,22,25-28,30-33H,12,14H2,1-3H3/t22-,25-,26+,27-,28-/m1/s1. The SMILES string of the molecule is Cc1ccc2cc(Cc3cn([C@@H]4O[C@H](CO)[C@@H](O)[C@H](O)[C@H]4O)c4c(C)ccc(C)c34)ccc2c1. The highest BCUT2D eigenvalue weighted by molar-refractivity contribution is 5.90. The van der Waals surface area contributed by atoms with Crippen LogP contribution in [0.2, 0.25) is 0 Å². The fourth-order valence-corrected chi connectivity index (χ4v) is 5.22. The molecule has 0 amide bonds. The van der Waals surface area contributed by atoms with Crippen LogP contribution in [0.15, 0.2) is 54.7 Å². The zero-order chi connectivity index (χ0) is 24.1. The molecule has 1 fully saturated rings. The molecule has 5 atom stereocenters. The maximum absolute atomic E-state index is 10.8. The van der Waals surface area contributed by atoms with Crippen molar-refractivity contribution in [1.82, 2.24) is 4.57 Å². The van der Waals surface area contributed by atoms with Gasteiger partial charge in [-0.05, 0) is 60.2 Å². The maximum Gasteiger partial charge on any atom is 0.163 e. The summed E-state index contributed by atoms with van der Waals surface area (Å²) in [5.41, 5.74) is 6.52. The highest BCUT2D eigenvalue weighted by Gasteiger charge is 2.44. The first-order valence-electron chi connectivity index (χ1n) is 11.7. The van der Waals surface area contributed by atoms with Crippen molar-refractivity contribution >= 4 is 21.7 Å². The van der Waals surface area contributed by atoms with E-state index in [4.69, 9.17) is 4.74 Å². The minimum absolute atomic E-state index is 0.456. The number of hydrogen-bond acceptors (Lipinski definition) is 5. The Morgan fingerprint density at radius 2 is 1.53 bits per heavy atom. The first-order chi connectivity index (χ1) is 16.3. The summed E-state index contributed by atoms with van der Waals surface area (Å²) in [5, 5.41) is 44.6. The van der Waals surface area contributed by atoms with Crippen LogP contribution in [0.25, 0.3) is 21.7 Å². The predicted octanol–water partition coefficient (Wildman–Crippen LogP) is 3.28. The van der Waals surface area contributed by atoms with Gasteiger partial charge in [0.1, 0.15) is 24.4 Å². The molecule has 1 aliphatic rings. The third-order valence-corrected chi connectivity index (χ3v) is 7.06. The molecule has 0 aliphatic carbocycles. The lowest BCUT2D eigenvalue weighted by molar-refractivity contribution is -0.250. The summed E-state index contributed by atoms with van der Waals surface area (Å²) in [4.78, 5) is 0. The van der Waals surface area contributed by atoms with Gasteiger partial charge >= 0.3 is 0 Å². The highest BCUT2D eigenvalue weighted by atomic mass is 16.6. The number of hydrogen-bond donors (Lipinski definition) is 4. The van der Waals surface area contributed by atoms with E-state index < -0.39 is 37.3 Å². The van der Waals surface area contributed by atoms with Crippen molar-refractivity contribution < 1.29 is 25.2 Å². The minimum Gasteiger partial charge on any atom is -0.394 e. The van der Waals surface area contributed by atoms with E-state index in [0.717, 1.165) is 27.6 Å². The van der Waals surface area contributed by atoms with E-state index in [1.54, 1.807) is 0 Å². The molecule has 34 heavy (non-hydrogen) atoms. The Morgan fingerprint density at radius 1 is 0.824 bits per heavy atom. The van der Waals surface area contributed by atoms with Crippen LogP contribution in [0, 0.1) is 20.8 Å². The second-order valence-corrected chi connectivity index (χ2v) is 9.57. The quantitative estimate of drug-likeness (QED) is 0.374. The van der Waals surface area contributed by atoms with Crippen LogP contribution < -0.4 is 0 Å². The van der Waals surface area contributed by atoms with E-state index in [1.165, 1.54) is 21.9 Å². The van der Waals surface area contributed by atoms with Crippen molar-refractivity contribution in [2.24, 2.45) is 0 Å². The molecule has 178 valence electrons. The Labute approximate surface area is 198 Å². The van der Waals surface area contributed by atoms with Crippen molar-refractivity contribution in [2.75, 3.05) is 6.61 Å². The van der Waals surface area contributed by atoms with Crippen LogP contribution in [0.3, 0.4) is 0 Å². The fraction of sp³-hybridized carbons (Fsp3) is 0.357. The van der Waals surface area contributed by atoms with E-state index in [2.05, 4.69) is 56.3 Å². The van der Waals surface area contributed by atoms with E-state index in [9.17, 15) is 20.4 Å². The van der Waals surface area contributed by atoms with Gasteiger partial charge in [-0.2, -0.15) is 0 Å². The third-order valence-electron chi connectivity index (χ3n) is 7.06. The average Bonchev–Trinajstić information content (AvgIpc) is 3.20. The Morgan fingerprint density at radius 3 is 2.29 bits per heavy atom. The topological polar surface area (TPSA) is 95.1 Å². The van der Waals surface area contributed by atoms with Crippen molar-refractivity contribution in [3.63, 3.8) is 0 Å². The van der Waals surface area contributed by atoms with Gasteiger partial charge in [0.15, 0.2) is 6.23 Å². The van der Waals surface area contributed by atoms with Gasteiger partial charge in [-0.25, -0.2) is 0 Å². The molecule has 2 heterocycles. The normalized spacial score (nSPS) is 25.3. The van der Waals surface area contributed by atoms with Crippen molar-refractivity contribution in [3.8, 4) is 0 Å². The number of aromatic nitrogens is 1. The van der Waals surface area contributed by atoms with Gasteiger partial charge < -0.3 is 29.7 Å². The van der Waals surface area contributed by atoms with Gasteiger partial charge in [-0.3, -0.25) is 0 Å². The molecule has 4 N–H and O–H groups in total. The highest BCUT2D eigenvalue weighted by Crippen LogP contribution is 2.36. The largest absolute Gasteiger partial charge is 0.394 e. The number of aliphatic hydroxyl groups excluding tert-OH is 4. The molecule has 5 rings (SSSR count). The summed E-state index contributed by atoms with van der Waals surface area (Å²) in [7, 11) is 0. The van der Waals surface area contributed by atoms with Crippen LogP contribution >= 0.6 is 0 Å². The lowest BCUT2D eigenvalue weighted by atomic mass is 9.97. The second-order valence-electron chi connectivity index (χ2n) is 9.57. The first-order valence-corrected chi connectivity index (χ1v) is 11.7. The van der Waals surface area contributed by atoms with Crippen molar-refractivity contribution in [3.05, 3.63) is 82.5 Å². The van der Waals surface area contributed by atoms with Crippen LogP contribution in [-0.4, -0.2) is 56.0 Å². The lowest BCUT2D eigenvalue weighted by Crippen LogP contribution is -2.56. The number of rotatable bonds is 4. The van der Waals surface area contributed by atoms with Gasteiger partial charge in [0.2, 0.25) is 0 Å². The summed E-state index contributed by atoms with van der Waals surface area (Å²) < 4.78 is 7.75. The molecule has 1 saturated heterocycles. The van der Waals surface area contributed by atoms with E-state index >= 15 is 0 Å². The summed E-state index contributed by atoms with van der Waals surface area (Å²) >= 11 is 0. The van der Waals surface area contributed by atoms with Crippen molar-refractivity contribution in [2.45, 2.75) is 57.8 Å². The molecule has 0 radical (unpaired) electrons. The summed E-state index contributed by atoms with van der Waals surface area (Å²) in [6.45, 7) is 5.70. The Bertz CT molecular complexity index is 1360.